The van der Waals surface area contributed by atoms with Gasteiger partial charge in [0, 0.05) is 31.2 Å². The standard InChI is InChI=1S/C28H40N4O3/c1-7-24(33)32(22-15-14-20-11-8-9-12-21(20)17-22)18-23-13-10-16-31(23)27(35)25(28(3,4)5)30-26(34)19(2)29-6/h8-9,11-12,14-15,17,19,23,25,29H,7,10,13,16,18H2,1-6H3,(H,30,34)/t19-,23-,25+/m0/s1. The predicted molar refractivity (Wildman–Crippen MR) is 141 cm³/mol. The van der Waals surface area contributed by atoms with Crippen LogP contribution in [0.1, 0.15) is 53.9 Å². The fourth-order valence-electron chi connectivity index (χ4n) is 4.63. The molecule has 7 heteroatoms. The van der Waals surface area contributed by atoms with Gasteiger partial charge in [-0.3, -0.25) is 14.4 Å². The molecular weight excluding hydrogens is 440 g/mol. The summed E-state index contributed by atoms with van der Waals surface area (Å²) in [6.07, 6.45) is 2.08. The fraction of sp³-hybridized carbons (Fsp3) is 0.536. The number of hydrogen-bond acceptors (Lipinski definition) is 4. The first-order valence-corrected chi connectivity index (χ1v) is 12.6. The second-order valence-electron chi connectivity index (χ2n) is 10.5. The Morgan fingerprint density at radius 3 is 2.43 bits per heavy atom. The van der Waals surface area contributed by atoms with Crippen molar-refractivity contribution in [1.82, 2.24) is 15.5 Å². The number of likely N-dealkylation sites (tertiary alicyclic amines) is 1. The third-order valence-electron chi connectivity index (χ3n) is 6.93. The van der Waals surface area contributed by atoms with E-state index >= 15 is 0 Å². The number of fused-ring (bicyclic) bond motifs is 1. The smallest absolute Gasteiger partial charge is 0.246 e. The summed E-state index contributed by atoms with van der Waals surface area (Å²) in [4.78, 5) is 43.1. The van der Waals surface area contributed by atoms with Gasteiger partial charge in [0.25, 0.3) is 0 Å². The van der Waals surface area contributed by atoms with Crippen LogP contribution in [0.2, 0.25) is 0 Å². The minimum atomic E-state index is -0.651. The van der Waals surface area contributed by atoms with Crippen LogP contribution in [-0.4, -0.2) is 60.9 Å². The van der Waals surface area contributed by atoms with E-state index in [2.05, 4.69) is 16.7 Å². The summed E-state index contributed by atoms with van der Waals surface area (Å²) in [5, 5.41) is 8.10. The zero-order chi connectivity index (χ0) is 25.8. The molecule has 0 spiro atoms. The Hall–Kier alpha value is -2.93. The van der Waals surface area contributed by atoms with Gasteiger partial charge in [-0.15, -0.1) is 0 Å². The van der Waals surface area contributed by atoms with Crippen LogP contribution in [-0.2, 0) is 14.4 Å². The van der Waals surface area contributed by atoms with Gasteiger partial charge in [0.1, 0.15) is 6.04 Å². The topological polar surface area (TPSA) is 81.8 Å². The molecule has 190 valence electrons. The van der Waals surface area contributed by atoms with Crippen molar-refractivity contribution in [2.45, 2.75) is 72.0 Å². The van der Waals surface area contributed by atoms with Crippen molar-refractivity contribution in [1.29, 1.82) is 0 Å². The third kappa shape index (κ3) is 6.20. The first-order valence-electron chi connectivity index (χ1n) is 12.6. The molecule has 7 nitrogen and oxygen atoms in total. The quantitative estimate of drug-likeness (QED) is 0.604. The summed E-state index contributed by atoms with van der Waals surface area (Å²) < 4.78 is 0. The summed E-state index contributed by atoms with van der Waals surface area (Å²) in [6.45, 7) is 10.6. The fourth-order valence-corrected chi connectivity index (χ4v) is 4.63. The molecule has 1 aliphatic heterocycles. The number of carbonyl (C=O) groups is 3. The lowest BCUT2D eigenvalue weighted by atomic mass is 9.85. The van der Waals surface area contributed by atoms with Crippen LogP contribution >= 0.6 is 0 Å². The third-order valence-corrected chi connectivity index (χ3v) is 6.93. The molecule has 2 aromatic carbocycles. The number of rotatable bonds is 8. The Labute approximate surface area is 209 Å². The van der Waals surface area contributed by atoms with E-state index in [4.69, 9.17) is 0 Å². The largest absolute Gasteiger partial charge is 0.342 e. The molecule has 0 aliphatic carbocycles. The molecule has 1 heterocycles. The summed E-state index contributed by atoms with van der Waals surface area (Å²) >= 11 is 0. The Morgan fingerprint density at radius 2 is 1.80 bits per heavy atom. The van der Waals surface area contributed by atoms with E-state index in [1.807, 2.05) is 73.9 Å². The summed E-state index contributed by atoms with van der Waals surface area (Å²) in [7, 11) is 1.72. The molecule has 0 aromatic heterocycles. The molecule has 0 radical (unpaired) electrons. The van der Waals surface area contributed by atoms with Crippen LogP contribution in [0.5, 0.6) is 0 Å². The van der Waals surface area contributed by atoms with Crippen molar-refractivity contribution in [3.05, 3.63) is 42.5 Å². The number of amides is 3. The molecule has 1 fully saturated rings. The van der Waals surface area contributed by atoms with Gasteiger partial charge < -0.3 is 20.4 Å². The Morgan fingerprint density at radius 1 is 1.11 bits per heavy atom. The molecule has 2 N–H and O–H groups in total. The molecule has 1 aliphatic rings. The number of benzene rings is 2. The van der Waals surface area contributed by atoms with Crippen LogP contribution in [0.4, 0.5) is 5.69 Å². The number of likely N-dealkylation sites (N-methyl/N-ethyl adjacent to an activating group) is 1. The second kappa shape index (κ2) is 11.2. The highest BCUT2D eigenvalue weighted by Crippen LogP contribution is 2.29. The summed E-state index contributed by atoms with van der Waals surface area (Å²) in [6, 6.07) is 13.0. The van der Waals surface area contributed by atoms with E-state index in [0.29, 0.717) is 19.5 Å². The Balaban J connectivity index is 1.85. The zero-order valence-corrected chi connectivity index (χ0v) is 21.9. The first-order chi connectivity index (χ1) is 16.6. The number of nitrogens with zero attached hydrogens (tertiary/aromatic N) is 2. The van der Waals surface area contributed by atoms with Gasteiger partial charge >= 0.3 is 0 Å². The van der Waals surface area contributed by atoms with Gasteiger partial charge in [-0.1, -0.05) is 58.0 Å². The van der Waals surface area contributed by atoms with Crippen LogP contribution in [0, 0.1) is 5.41 Å². The maximum atomic E-state index is 13.8. The van der Waals surface area contributed by atoms with Gasteiger partial charge in [0.15, 0.2) is 0 Å². The number of anilines is 1. The van der Waals surface area contributed by atoms with E-state index < -0.39 is 17.5 Å². The maximum absolute atomic E-state index is 13.8. The van der Waals surface area contributed by atoms with Crippen molar-refractivity contribution in [2.24, 2.45) is 5.41 Å². The highest BCUT2D eigenvalue weighted by Gasteiger charge is 2.40. The lowest BCUT2D eigenvalue weighted by molar-refractivity contribution is -0.140. The monoisotopic (exact) mass is 480 g/mol. The Kier molecular flexibility index (Phi) is 8.54. The average molecular weight is 481 g/mol. The molecule has 1 saturated heterocycles. The van der Waals surface area contributed by atoms with Gasteiger partial charge in [0.2, 0.25) is 17.7 Å². The van der Waals surface area contributed by atoms with Crippen LogP contribution < -0.4 is 15.5 Å². The van der Waals surface area contributed by atoms with Crippen LogP contribution in [0.15, 0.2) is 42.5 Å². The van der Waals surface area contributed by atoms with Crippen LogP contribution in [0.25, 0.3) is 10.8 Å². The Bertz CT molecular complexity index is 1060. The molecule has 0 saturated carbocycles. The van der Waals surface area contributed by atoms with Gasteiger partial charge in [-0.2, -0.15) is 0 Å². The summed E-state index contributed by atoms with van der Waals surface area (Å²) in [5.41, 5.74) is 0.392. The average Bonchev–Trinajstić information content (AvgIpc) is 3.31. The number of carbonyl (C=O) groups excluding carboxylic acids is 3. The number of hydrogen-bond donors (Lipinski definition) is 2. The lowest BCUT2D eigenvalue weighted by Crippen LogP contribution is -2.59. The molecule has 3 rings (SSSR count). The highest BCUT2D eigenvalue weighted by atomic mass is 16.2. The molecule has 2 aromatic rings. The van der Waals surface area contributed by atoms with E-state index in [-0.39, 0.29) is 23.8 Å². The lowest BCUT2D eigenvalue weighted by Gasteiger charge is -2.37. The molecule has 3 atom stereocenters. The van der Waals surface area contributed by atoms with Gasteiger partial charge in [0.05, 0.1) is 6.04 Å². The van der Waals surface area contributed by atoms with E-state index in [9.17, 15) is 14.4 Å². The second-order valence-corrected chi connectivity index (χ2v) is 10.5. The van der Waals surface area contributed by atoms with Crippen LogP contribution in [0.3, 0.4) is 0 Å². The van der Waals surface area contributed by atoms with Crippen molar-refractivity contribution < 1.29 is 14.4 Å². The van der Waals surface area contributed by atoms with Crippen molar-refractivity contribution in [3.63, 3.8) is 0 Å². The van der Waals surface area contributed by atoms with Gasteiger partial charge in [-0.25, -0.2) is 0 Å². The zero-order valence-electron chi connectivity index (χ0n) is 21.9. The molecule has 35 heavy (non-hydrogen) atoms. The van der Waals surface area contributed by atoms with E-state index in [1.165, 1.54) is 0 Å². The number of nitrogens with one attached hydrogen (secondary N) is 2. The predicted octanol–water partition coefficient (Wildman–Crippen LogP) is 3.71. The van der Waals surface area contributed by atoms with Gasteiger partial charge in [-0.05, 0) is 55.1 Å². The molecule has 3 amide bonds. The first kappa shape index (κ1) is 26.7. The normalized spacial score (nSPS) is 17.8. The van der Waals surface area contributed by atoms with Crippen molar-refractivity contribution in [2.75, 3.05) is 25.0 Å². The minimum absolute atomic E-state index is 0.0306. The molecule has 0 bridgehead atoms. The minimum Gasteiger partial charge on any atom is -0.342 e. The highest BCUT2D eigenvalue weighted by molar-refractivity contribution is 5.96. The van der Waals surface area contributed by atoms with E-state index in [0.717, 1.165) is 29.3 Å². The molecular formula is C28H40N4O3. The van der Waals surface area contributed by atoms with Crippen molar-refractivity contribution >= 4 is 34.2 Å². The van der Waals surface area contributed by atoms with Crippen molar-refractivity contribution in [3.8, 4) is 0 Å². The summed E-state index contributed by atoms with van der Waals surface area (Å²) in [5.74, 6) is -0.252. The van der Waals surface area contributed by atoms with E-state index in [1.54, 1.807) is 14.0 Å². The molecule has 0 unspecified atom stereocenters. The maximum Gasteiger partial charge on any atom is 0.246 e. The SMILES string of the molecule is CCC(=O)N(C[C@@H]1CCCN1C(=O)[C@@H](NC(=O)[C@H](C)NC)C(C)(C)C)c1ccc2ccccc2c1.